The van der Waals surface area contributed by atoms with Crippen molar-refractivity contribution < 1.29 is 13.9 Å². The molecule has 1 saturated heterocycles. The summed E-state index contributed by atoms with van der Waals surface area (Å²) in [4.78, 5) is 6.05. The van der Waals surface area contributed by atoms with Gasteiger partial charge in [0, 0.05) is 32.7 Å². The fourth-order valence-corrected chi connectivity index (χ4v) is 3.00. The maximum Gasteiger partial charge on any atom is 0.251 e. The molecule has 0 atom stereocenters. The summed E-state index contributed by atoms with van der Waals surface area (Å²) in [5.74, 6) is 1.05. The Morgan fingerprint density at radius 1 is 1.28 bits per heavy atom. The van der Waals surface area contributed by atoms with Gasteiger partial charge < -0.3 is 15.7 Å². The highest BCUT2D eigenvalue weighted by Crippen LogP contribution is 2.12. The maximum atomic E-state index is 12.4. The molecule has 0 radical (unpaired) electrons. The summed E-state index contributed by atoms with van der Waals surface area (Å²) in [5.41, 5.74) is 1.19. The summed E-state index contributed by atoms with van der Waals surface area (Å²) < 4.78 is 24.8. The Bertz CT molecular complexity index is 528. The number of hydrogen-bond donors (Lipinski definition) is 3. The summed E-state index contributed by atoms with van der Waals surface area (Å²) in [6.45, 7) is 2.06. The molecule has 1 fully saturated rings. The first-order valence-corrected chi connectivity index (χ1v) is 8.82. The molecule has 0 aromatic heterocycles. The van der Waals surface area contributed by atoms with Crippen LogP contribution in [0.4, 0.5) is 8.78 Å². The molecule has 0 bridgehead atoms. The minimum atomic E-state index is -2.26. The molecule has 25 heavy (non-hydrogen) atoms. The Hall–Kier alpha value is -1.89. The highest BCUT2D eigenvalue weighted by atomic mass is 19.3. The number of phenols is 1. The van der Waals surface area contributed by atoms with Crippen LogP contribution in [0.3, 0.4) is 0 Å². The third-order valence-electron chi connectivity index (χ3n) is 4.42. The van der Waals surface area contributed by atoms with E-state index in [1.54, 1.807) is 19.2 Å². The second-order valence-corrected chi connectivity index (χ2v) is 6.38. The second kappa shape index (κ2) is 10.2. The van der Waals surface area contributed by atoms with E-state index < -0.39 is 6.43 Å². The molecule has 1 aliphatic rings. The molecule has 1 aliphatic heterocycles. The molecule has 0 unspecified atom stereocenters. The number of nitrogens with zero attached hydrogens (tertiary/aromatic N) is 2. The lowest BCUT2D eigenvalue weighted by atomic mass is 10.1. The smallest absolute Gasteiger partial charge is 0.251 e. The largest absolute Gasteiger partial charge is 0.508 e. The number of benzene rings is 1. The van der Waals surface area contributed by atoms with Crippen LogP contribution in [0.5, 0.6) is 5.75 Å². The average Bonchev–Trinajstić information content (AvgIpc) is 2.60. The number of aliphatic imine (C=N–C) groups is 1. The first-order valence-electron chi connectivity index (χ1n) is 8.82. The van der Waals surface area contributed by atoms with Crippen LogP contribution in [0.15, 0.2) is 29.3 Å². The lowest BCUT2D eigenvalue weighted by Crippen LogP contribution is -2.49. The molecular formula is C18H28F2N4O. The van der Waals surface area contributed by atoms with E-state index in [0.29, 0.717) is 13.1 Å². The van der Waals surface area contributed by atoms with Crippen LogP contribution in [0, 0.1) is 0 Å². The van der Waals surface area contributed by atoms with Crippen molar-refractivity contribution in [2.45, 2.75) is 38.2 Å². The number of halogens is 2. The predicted octanol–water partition coefficient (Wildman–Crippen LogP) is 2.22. The molecule has 0 spiro atoms. The van der Waals surface area contributed by atoms with Gasteiger partial charge in [-0.3, -0.25) is 9.89 Å². The van der Waals surface area contributed by atoms with Gasteiger partial charge in [0.25, 0.3) is 6.43 Å². The van der Waals surface area contributed by atoms with Gasteiger partial charge in [0.05, 0.1) is 6.54 Å². The molecule has 7 heteroatoms. The van der Waals surface area contributed by atoms with Crippen molar-refractivity contribution >= 4 is 5.96 Å². The number of likely N-dealkylation sites (tertiary alicyclic amines) is 1. The van der Waals surface area contributed by atoms with Crippen LogP contribution in [0.2, 0.25) is 0 Å². The van der Waals surface area contributed by atoms with E-state index in [0.717, 1.165) is 38.2 Å². The number of nitrogens with one attached hydrogen (secondary N) is 2. The SMILES string of the molecule is CN=C(NCCCc1ccc(O)cc1)NC1CCN(CC(F)F)CC1. The fourth-order valence-electron chi connectivity index (χ4n) is 3.00. The van der Waals surface area contributed by atoms with E-state index in [2.05, 4.69) is 15.6 Å². The second-order valence-electron chi connectivity index (χ2n) is 6.38. The monoisotopic (exact) mass is 354 g/mol. The molecule has 0 amide bonds. The van der Waals surface area contributed by atoms with Crippen molar-refractivity contribution in [3.8, 4) is 5.75 Å². The van der Waals surface area contributed by atoms with Crippen LogP contribution in [-0.2, 0) is 6.42 Å². The zero-order valence-corrected chi connectivity index (χ0v) is 14.7. The molecule has 140 valence electrons. The summed E-state index contributed by atoms with van der Waals surface area (Å²) in [7, 11) is 1.74. The van der Waals surface area contributed by atoms with Crippen molar-refractivity contribution in [3.63, 3.8) is 0 Å². The van der Waals surface area contributed by atoms with Crippen LogP contribution in [0.1, 0.15) is 24.8 Å². The molecule has 1 aromatic carbocycles. The number of hydrogen-bond acceptors (Lipinski definition) is 3. The Morgan fingerprint density at radius 3 is 2.56 bits per heavy atom. The zero-order chi connectivity index (χ0) is 18.1. The third-order valence-corrected chi connectivity index (χ3v) is 4.42. The topological polar surface area (TPSA) is 59.9 Å². The highest BCUT2D eigenvalue weighted by molar-refractivity contribution is 5.79. The number of aryl methyl sites for hydroxylation is 1. The minimum Gasteiger partial charge on any atom is -0.508 e. The molecule has 0 aliphatic carbocycles. The van der Waals surface area contributed by atoms with Gasteiger partial charge in [-0.05, 0) is 43.4 Å². The summed E-state index contributed by atoms with van der Waals surface area (Å²) in [6, 6.07) is 7.52. The molecular weight excluding hydrogens is 326 g/mol. The number of alkyl halides is 2. The minimum absolute atomic E-state index is 0.128. The lowest BCUT2D eigenvalue weighted by Gasteiger charge is -2.32. The van der Waals surface area contributed by atoms with Crippen LogP contribution in [-0.4, -0.2) is 61.7 Å². The number of rotatable bonds is 7. The van der Waals surface area contributed by atoms with E-state index in [-0.39, 0.29) is 18.3 Å². The van der Waals surface area contributed by atoms with Crippen molar-refractivity contribution in [1.82, 2.24) is 15.5 Å². The molecule has 5 nitrogen and oxygen atoms in total. The number of aromatic hydroxyl groups is 1. The van der Waals surface area contributed by atoms with E-state index in [1.165, 1.54) is 5.56 Å². The lowest BCUT2D eigenvalue weighted by molar-refractivity contribution is 0.0744. The Morgan fingerprint density at radius 2 is 1.96 bits per heavy atom. The van der Waals surface area contributed by atoms with Crippen LogP contribution in [0.25, 0.3) is 0 Å². The Balaban J connectivity index is 1.63. The number of guanidine groups is 1. The van der Waals surface area contributed by atoms with E-state index >= 15 is 0 Å². The Labute approximate surface area is 148 Å². The van der Waals surface area contributed by atoms with Gasteiger partial charge in [0.2, 0.25) is 0 Å². The van der Waals surface area contributed by atoms with Crippen LogP contribution >= 0.6 is 0 Å². The molecule has 1 aromatic rings. The van der Waals surface area contributed by atoms with E-state index in [1.807, 2.05) is 17.0 Å². The number of phenolic OH excluding ortho intramolecular Hbond substituents is 1. The van der Waals surface area contributed by atoms with Gasteiger partial charge in [0.15, 0.2) is 5.96 Å². The van der Waals surface area contributed by atoms with Gasteiger partial charge >= 0.3 is 0 Å². The summed E-state index contributed by atoms with van der Waals surface area (Å²) >= 11 is 0. The van der Waals surface area contributed by atoms with Crippen LogP contribution < -0.4 is 10.6 Å². The Kier molecular flexibility index (Phi) is 7.91. The third kappa shape index (κ3) is 7.25. The normalized spacial score (nSPS) is 17.0. The zero-order valence-electron chi connectivity index (χ0n) is 14.7. The first-order chi connectivity index (χ1) is 12.1. The van der Waals surface area contributed by atoms with Gasteiger partial charge in [0.1, 0.15) is 5.75 Å². The molecule has 2 rings (SSSR count). The van der Waals surface area contributed by atoms with Crippen molar-refractivity contribution in [1.29, 1.82) is 0 Å². The molecule has 0 saturated carbocycles. The average molecular weight is 354 g/mol. The molecule has 1 heterocycles. The van der Waals surface area contributed by atoms with E-state index in [4.69, 9.17) is 0 Å². The summed E-state index contributed by atoms with van der Waals surface area (Å²) in [6.07, 6.45) is 1.32. The van der Waals surface area contributed by atoms with Gasteiger partial charge in [-0.25, -0.2) is 8.78 Å². The fraction of sp³-hybridized carbons (Fsp3) is 0.611. The van der Waals surface area contributed by atoms with Crippen molar-refractivity contribution in [2.75, 3.05) is 33.2 Å². The standard InChI is InChI=1S/C18H28F2N4O/c1-21-18(22-10-2-3-14-4-6-16(25)7-5-14)23-15-8-11-24(12-9-15)13-17(19)20/h4-7,15,17,25H,2-3,8-13H2,1H3,(H2,21,22,23). The van der Waals surface area contributed by atoms with Gasteiger partial charge in [-0.1, -0.05) is 12.1 Å². The molecule has 3 N–H and O–H groups in total. The number of piperidine rings is 1. The predicted molar refractivity (Wildman–Crippen MR) is 96.4 cm³/mol. The van der Waals surface area contributed by atoms with Crippen molar-refractivity contribution in [2.24, 2.45) is 4.99 Å². The van der Waals surface area contributed by atoms with Gasteiger partial charge in [-0.2, -0.15) is 0 Å². The first kappa shape index (κ1) is 19.4. The highest BCUT2D eigenvalue weighted by Gasteiger charge is 2.21. The van der Waals surface area contributed by atoms with Gasteiger partial charge in [-0.15, -0.1) is 0 Å². The van der Waals surface area contributed by atoms with Crippen molar-refractivity contribution in [3.05, 3.63) is 29.8 Å². The summed E-state index contributed by atoms with van der Waals surface area (Å²) in [5, 5.41) is 15.9. The van der Waals surface area contributed by atoms with E-state index in [9.17, 15) is 13.9 Å². The maximum absolute atomic E-state index is 12.4. The quantitative estimate of drug-likeness (QED) is 0.399.